The summed E-state index contributed by atoms with van der Waals surface area (Å²) in [5.74, 6) is -0.0802. The number of carboxylic acid groups (broad SMARTS) is 1. The van der Waals surface area contributed by atoms with E-state index in [1.807, 2.05) is 54.7 Å². The highest BCUT2D eigenvalue weighted by molar-refractivity contribution is 6.03. The number of pyridine rings is 1. The molecule has 1 atom stereocenters. The van der Waals surface area contributed by atoms with Crippen LogP contribution in [0.1, 0.15) is 22.3 Å². The standard InChI is InChI=1S/C28H23N3O3.C2HF3O2/c1-32-22-14-19(16-30-17-22)18-5-4-6-20(13-18)28(24-8-3-2-7-23(24)27(29)31-28)21-9-10-25-26(15-21)34-12-11-33-25;3-2(4,5)1(6)7/h2-10,13-17H,11-12H2,1H3,(H2,29,31);(H,6,7). The Bertz CT molecular complexity index is 1640. The summed E-state index contributed by atoms with van der Waals surface area (Å²) in [6.07, 6.45) is -1.55. The molecule has 8 nitrogen and oxygen atoms in total. The van der Waals surface area contributed by atoms with Gasteiger partial charge in [-0.1, -0.05) is 48.5 Å². The molecule has 4 aromatic rings. The minimum absolute atomic E-state index is 0.513. The van der Waals surface area contributed by atoms with E-state index >= 15 is 0 Å². The lowest BCUT2D eigenvalue weighted by molar-refractivity contribution is -0.192. The molecule has 3 heterocycles. The molecule has 0 spiro atoms. The molecule has 1 unspecified atom stereocenters. The van der Waals surface area contributed by atoms with Crippen LogP contribution in [0.2, 0.25) is 0 Å². The number of fused-ring (bicyclic) bond motifs is 2. The topological polar surface area (TPSA) is 116 Å². The maximum Gasteiger partial charge on any atom is 0.490 e. The van der Waals surface area contributed by atoms with E-state index in [9.17, 15) is 13.2 Å². The fourth-order valence-electron chi connectivity index (χ4n) is 4.81. The minimum atomic E-state index is -5.08. The van der Waals surface area contributed by atoms with Gasteiger partial charge < -0.3 is 25.1 Å². The summed E-state index contributed by atoms with van der Waals surface area (Å²) >= 11 is 0. The molecule has 0 fully saturated rings. The third-order valence-corrected chi connectivity index (χ3v) is 6.65. The fourth-order valence-corrected chi connectivity index (χ4v) is 4.81. The van der Waals surface area contributed by atoms with E-state index in [1.54, 1.807) is 13.3 Å². The Kier molecular flexibility index (Phi) is 7.27. The Morgan fingerprint density at radius 2 is 1.63 bits per heavy atom. The van der Waals surface area contributed by atoms with Crippen LogP contribution in [0.25, 0.3) is 11.1 Å². The van der Waals surface area contributed by atoms with E-state index in [4.69, 9.17) is 34.8 Å². The maximum atomic E-state index is 10.6. The smallest absolute Gasteiger partial charge is 0.490 e. The Morgan fingerprint density at radius 3 is 2.37 bits per heavy atom. The Labute approximate surface area is 232 Å². The van der Waals surface area contributed by atoms with Crippen LogP contribution >= 0.6 is 0 Å². The molecular weight excluding hydrogens is 539 g/mol. The molecule has 0 aliphatic carbocycles. The summed E-state index contributed by atoms with van der Waals surface area (Å²) in [7, 11) is 1.64. The number of aliphatic imine (C=N–C) groups is 1. The van der Waals surface area contributed by atoms with Crippen LogP contribution in [-0.4, -0.2) is 48.4 Å². The first-order valence-corrected chi connectivity index (χ1v) is 12.4. The van der Waals surface area contributed by atoms with Gasteiger partial charge in [0.1, 0.15) is 30.3 Å². The zero-order valence-electron chi connectivity index (χ0n) is 21.7. The van der Waals surface area contributed by atoms with Crippen LogP contribution < -0.4 is 19.9 Å². The molecule has 11 heteroatoms. The monoisotopic (exact) mass is 563 g/mol. The lowest BCUT2D eigenvalue weighted by Gasteiger charge is -2.31. The van der Waals surface area contributed by atoms with Crippen molar-refractivity contribution in [2.45, 2.75) is 11.7 Å². The normalized spacial score (nSPS) is 17.0. The number of nitrogens with two attached hydrogens (primary N) is 1. The lowest BCUT2D eigenvalue weighted by Crippen LogP contribution is -2.26. The predicted molar refractivity (Wildman–Crippen MR) is 144 cm³/mol. The molecule has 210 valence electrons. The second kappa shape index (κ2) is 10.8. The maximum absolute atomic E-state index is 10.6. The van der Waals surface area contributed by atoms with Gasteiger partial charge >= 0.3 is 12.1 Å². The molecule has 0 saturated heterocycles. The average Bonchev–Trinajstić information content (AvgIpc) is 3.30. The van der Waals surface area contributed by atoms with Gasteiger partial charge in [0.25, 0.3) is 0 Å². The number of aromatic nitrogens is 1. The Balaban J connectivity index is 0.000000431. The molecule has 3 aromatic carbocycles. The van der Waals surface area contributed by atoms with Crippen molar-refractivity contribution in [3.8, 4) is 28.4 Å². The molecule has 0 radical (unpaired) electrons. The van der Waals surface area contributed by atoms with Crippen molar-refractivity contribution in [1.82, 2.24) is 4.98 Å². The summed E-state index contributed by atoms with van der Waals surface area (Å²) in [4.78, 5) is 18.3. The first kappa shape index (κ1) is 27.5. The number of aliphatic carboxylic acids is 1. The number of halogens is 3. The molecule has 2 aliphatic rings. The van der Waals surface area contributed by atoms with Crippen molar-refractivity contribution in [3.05, 3.63) is 107 Å². The van der Waals surface area contributed by atoms with Gasteiger partial charge in [-0.2, -0.15) is 13.2 Å². The van der Waals surface area contributed by atoms with Crippen LogP contribution in [-0.2, 0) is 10.3 Å². The molecule has 0 bridgehead atoms. The minimum Gasteiger partial charge on any atom is -0.495 e. The van der Waals surface area contributed by atoms with E-state index in [0.717, 1.165) is 44.9 Å². The van der Waals surface area contributed by atoms with Gasteiger partial charge in [-0.05, 0) is 46.5 Å². The average molecular weight is 564 g/mol. The molecule has 41 heavy (non-hydrogen) atoms. The summed E-state index contributed by atoms with van der Waals surface area (Å²) in [6.45, 7) is 1.06. The van der Waals surface area contributed by atoms with Crippen molar-refractivity contribution < 1.29 is 37.3 Å². The quantitative estimate of drug-likeness (QED) is 0.352. The van der Waals surface area contributed by atoms with Crippen LogP contribution in [0.5, 0.6) is 17.2 Å². The zero-order chi connectivity index (χ0) is 29.2. The van der Waals surface area contributed by atoms with Crippen molar-refractivity contribution in [3.63, 3.8) is 0 Å². The molecule has 1 aromatic heterocycles. The van der Waals surface area contributed by atoms with Gasteiger partial charge in [0.15, 0.2) is 11.5 Å². The first-order valence-electron chi connectivity index (χ1n) is 12.4. The Morgan fingerprint density at radius 1 is 0.927 bits per heavy atom. The number of rotatable bonds is 4. The number of benzene rings is 3. The molecule has 6 rings (SSSR count). The highest BCUT2D eigenvalue weighted by Crippen LogP contribution is 2.48. The van der Waals surface area contributed by atoms with E-state index in [-0.39, 0.29) is 0 Å². The Hall–Kier alpha value is -5.06. The van der Waals surface area contributed by atoms with Gasteiger partial charge in [-0.3, -0.25) is 4.98 Å². The number of ether oxygens (including phenoxy) is 3. The van der Waals surface area contributed by atoms with E-state index in [1.165, 1.54) is 0 Å². The SMILES string of the molecule is COc1cncc(-c2cccc(C3(c4ccc5c(c4)OCCO5)N=C(N)c4ccccc43)c2)c1.O=C(O)C(F)(F)F. The van der Waals surface area contributed by atoms with Gasteiger partial charge in [-0.25, -0.2) is 9.79 Å². The number of amidine groups is 1. The summed E-state index contributed by atoms with van der Waals surface area (Å²) in [6, 6.07) is 24.4. The van der Waals surface area contributed by atoms with Crippen LogP contribution in [0, 0.1) is 0 Å². The summed E-state index contributed by atoms with van der Waals surface area (Å²) < 4.78 is 48.8. The number of alkyl halides is 3. The second-order valence-electron chi connectivity index (χ2n) is 9.11. The third-order valence-electron chi connectivity index (χ3n) is 6.65. The van der Waals surface area contributed by atoms with Gasteiger partial charge in [0.05, 0.1) is 13.3 Å². The number of carbonyl (C=O) groups is 1. The van der Waals surface area contributed by atoms with Crippen molar-refractivity contribution >= 4 is 11.8 Å². The number of methoxy groups -OCH3 is 1. The molecular formula is C30H24F3N3O5. The van der Waals surface area contributed by atoms with Gasteiger partial charge in [-0.15, -0.1) is 0 Å². The van der Waals surface area contributed by atoms with Crippen molar-refractivity contribution in [2.75, 3.05) is 20.3 Å². The van der Waals surface area contributed by atoms with Crippen molar-refractivity contribution in [1.29, 1.82) is 0 Å². The fraction of sp³-hybridized carbons (Fsp3) is 0.167. The lowest BCUT2D eigenvalue weighted by atomic mass is 9.77. The number of hydrogen-bond acceptors (Lipinski definition) is 7. The second-order valence-corrected chi connectivity index (χ2v) is 9.11. The number of nitrogens with zero attached hydrogens (tertiary/aromatic N) is 2. The highest BCUT2D eigenvalue weighted by Gasteiger charge is 2.43. The molecule has 3 N–H and O–H groups in total. The largest absolute Gasteiger partial charge is 0.495 e. The summed E-state index contributed by atoms with van der Waals surface area (Å²) in [5.41, 5.74) is 11.6. The van der Waals surface area contributed by atoms with Crippen LogP contribution in [0.3, 0.4) is 0 Å². The van der Waals surface area contributed by atoms with Crippen LogP contribution in [0.15, 0.2) is 90.2 Å². The number of hydrogen-bond donors (Lipinski definition) is 2. The molecule has 0 amide bonds. The van der Waals surface area contributed by atoms with Crippen molar-refractivity contribution in [2.24, 2.45) is 10.7 Å². The highest BCUT2D eigenvalue weighted by atomic mass is 19.4. The van der Waals surface area contributed by atoms with Gasteiger partial charge in [0.2, 0.25) is 0 Å². The first-order chi connectivity index (χ1) is 19.6. The van der Waals surface area contributed by atoms with E-state index in [0.29, 0.717) is 24.8 Å². The number of carboxylic acids is 1. The van der Waals surface area contributed by atoms with E-state index < -0.39 is 17.7 Å². The third kappa shape index (κ3) is 5.25. The molecule has 2 aliphatic heterocycles. The van der Waals surface area contributed by atoms with Gasteiger partial charge in [0, 0.05) is 17.3 Å². The zero-order valence-corrected chi connectivity index (χ0v) is 21.7. The molecule has 0 saturated carbocycles. The van der Waals surface area contributed by atoms with E-state index in [2.05, 4.69) is 29.2 Å². The summed E-state index contributed by atoms with van der Waals surface area (Å²) in [5, 5.41) is 7.12. The predicted octanol–water partition coefficient (Wildman–Crippen LogP) is 5.17. The van der Waals surface area contributed by atoms with Crippen LogP contribution in [0.4, 0.5) is 13.2 Å².